The van der Waals surface area contributed by atoms with Gasteiger partial charge in [-0.25, -0.2) is 4.79 Å². The van der Waals surface area contributed by atoms with E-state index in [1.54, 1.807) is 6.08 Å². The smallest absolute Gasteiger partial charge is 0.328 e. The largest absolute Gasteiger partial charge is 0.469 e. The molecule has 2 aromatic carbocycles. The lowest BCUT2D eigenvalue weighted by Gasteiger charge is -2.15. The molecule has 0 aliphatic rings. The van der Waals surface area contributed by atoms with Gasteiger partial charge in [0.2, 0.25) is 0 Å². The van der Waals surface area contributed by atoms with E-state index in [0.717, 1.165) is 19.2 Å². The van der Waals surface area contributed by atoms with Crippen LogP contribution in [0.25, 0.3) is 0 Å². The van der Waals surface area contributed by atoms with Crippen molar-refractivity contribution >= 4 is 35.0 Å². The van der Waals surface area contributed by atoms with Gasteiger partial charge >= 0.3 is 11.9 Å². The number of nitro groups is 2. The van der Waals surface area contributed by atoms with Gasteiger partial charge in [0.1, 0.15) is 6.04 Å². The van der Waals surface area contributed by atoms with Crippen LogP contribution < -0.4 is 5.32 Å². The van der Waals surface area contributed by atoms with E-state index >= 15 is 0 Å². The summed E-state index contributed by atoms with van der Waals surface area (Å²) in [6.07, 6.45) is 2.94. The quantitative estimate of drug-likeness (QED) is 0.133. The fourth-order valence-corrected chi connectivity index (χ4v) is 3.37. The maximum absolute atomic E-state index is 12.6. The molecule has 13 heteroatoms. The Balaban J connectivity index is 2.03. The predicted octanol–water partition coefficient (Wildman–Crippen LogP) is 3.17. The number of nitrogens with one attached hydrogen (secondary N) is 1. The molecule has 0 bridgehead atoms. The summed E-state index contributed by atoms with van der Waals surface area (Å²) in [7, 11) is 2.32. The fourth-order valence-electron chi connectivity index (χ4n) is 3.37. The van der Waals surface area contributed by atoms with Gasteiger partial charge in [0.05, 0.1) is 30.0 Å². The van der Waals surface area contributed by atoms with E-state index in [9.17, 15) is 39.4 Å². The minimum atomic E-state index is -1.09. The average Bonchev–Trinajstić information content (AvgIpc) is 2.92. The van der Waals surface area contributed by atoms with Gasteiger partial charge in [-0.2, -0.15) is 0 Å². The van der Waals surface area contributed by atoms with Crippen molar-refractivity contribution in [3.63, 3.8) is 0 Å². The Morgan fingerprint density at radius 3 is 1.74 bits per heavy atom. The van der Waals surface area contributed by atoms with Crippen LogP contribution in [0.3, 0.4) is 0 Å². The maximum atomic E-state index is 12.6. The molecule has 2 aromatic rings. The molecule has 0 aliphatic heterocycles. The van der Waals surface area contributed by atoms with Gasteiger partial charge in [-0.05, 0) is 37.1 Å². The first kappa shape index (κ1) is 29.3. The third-order valence-corrected chi connectivity index (χ3v) is 5.46. The molecule has 0 heterocycles. The number of esters is 2. The molecule has 0 aliphatic carbocycles. The van der Waals surface area contributed by atoms with Crippen LogP contribution in [0, 0.1) is 26.1 Å². The van der Waals surface area contributed by atoms with Crippen molar-refractivity contribution in [3.05, 3.63) is 92.0 Å². The molecule has 13 nitrogen and oxygen atoms in total. The topological polar surface area (TPSA) is 185 Å². The number of allylic oxidation sites excluding steroid dienone is 1. The number of methoxy groups -OCH3 is 2. The third kappa shape index (κ3) is 8.33. The summed E-state index contributed by atoms with van der Waals surface area (Å²) in [5.41, 5.74) is -0.0618. The number of non-ortho nitro benzene ring substituents is 2. The van der Waals surface area contributed by atoms with Crippen LogP contribution in [0.1, 0.15) is 40.0 Å². The average molecular weight is 527 g/mol. The number of Topliss-reactive ketones (excluding diaryl/α,β-unsaturated/α-hetero) is 1. The molecule has 0 saturated carbocycles. The molecule has 38 heavy (non-hydrogen) atoms. The van der Waals surface area contributed by atoms with Crippen LogP contribution >= 0.6 is 0 Å². The van der Waals surface area contributed by atoms with E-state index in [2.05, 4.69) is 5.32 Å². The lowest BCUT2D eigenvalue weighted by molar-refractivity contribution is -0.385. The zero-order valence-corrected chi connectivity index (χ0v) is 20.5. The molecule has 2 atom stereocenters. The molecule has 0 radical (unpaired) electrons. The highest BCUT2D eigenvalue weighted by Gasteiger charge is 2.24. The van der Waals surface area contributed by atoms with Crippen molar-refractivity contribution in [1.82, 2.24) is 5.32 Å². The van der Waals surface area contributed by atoms with Gasteiger partial charge in [0.15, 0.2) is 5.78 Å². The summed E-state index contributed by atoms with van der Waals surface area (Å²) >= 11 is 0. The normalized spacial score (nSPS) is 12.3. The number of rotatable bonds is 13. The van der Waals surface area contributed by atoms with Gasteiger partial charge < -0.3 is 14.8 Å². The van der Waals surface area contributed by atoms with Crippen LogP contribution in [-0.4, -0.2) is 53.7 Å². The standard InChI is InChI=1S/C25H25N3O10/c1-37-24(31)18(15-22(29)16-7-11-19(12-8-16)27(33)34)5-3-4-6-21(25(32)38-2)26-23(30)17-9-13-20(14-10-17)28(35)36/h3-4,7-14,18,21H,5-6,15H2,1-2H3,(H,26,30)/b4-3+/t18-,21+/m1/s1. The number of nitro benzene ring substituents is 2. The summed E-state index contributed by atoms with van der Waals surface area (Å²) in [6.45, 7) is 0. The van der Waals surface area contributed by atoms with Crippen LogP contribution in [-0.2, 0) is 19.1 Å². The second kappa shape index (κ2) is 14.0. The SMILES string of the molecule is COC(=O)[C@H](C/C=C/C[C@H](NC(=O)c1ccc([N+](=O)[O-])cc1)C(=O)OC)CC(=O)c1ccc([N+](=O)[O-])cc1. The highest BCUT2D eigenvalue weighted by molar-refractivity contribution is 5.98. The van der Waals surface area contributed by atoms with Crippen molar-refractivity contribution in [2.24, 2.45) is 5.92 Å². The Bertz CT molecular complexity index is 1130. The van der Waals surface area contributed by atoms with Gasteiger partial charge in [0.25, 0.3) is 17.3 Å². The van der Waals surface area contributed by atoms with Gasteiger partial charge in [-0.1, -0.05) is 12.2 Å². The Morgan fingerprint density at radius 2 is 1.26 bits per heavy atom. The minimum Gasteiger partial charge on any atom is -0.469 e. The second-order valence-electron chi connectivity index (χ2n) is 7.95. The summed E-state index contributed by atoms with van der Waals surface area (Å²) in [5, 5.41) is 24.1. The molecule has 1 amide bonds. The zero-order chi connectivity index (χ0) is 28.2. The predicted molar refractivity (Wildman–Crippen MR) is 132 cm³/mol. The van der Waals surface area contributed by atoms with Crippen LogP contribution in [0.15, 0.2) is 60.7 Å². The highest BCUT2D eigenvalue weighted by Crippen LogP contribution is 2.19. The highest BCUT2D eigenvalue weighted by atomic mass is 16.6. The number of ketones is 1. The molecule has 0 spiro atoms. The number of benzene rings is 2. The van der Waals surface area contributed by atoms with Crippen molar-refractivity contribution in [1.29, 1.82) is 0 Å². The third-order valence-electron chi connectivity index (χ3n) is 5.46. The molecule has 0 aromatic heterocycles. The summed E-state index contributed by atoms with van der Waals surface area (Å²) in [6, 6.07) is 8.73. The van der Waals surface area contributed by atoms with E-state index in [4.69, 9.17) is 9.47 Å². The van der Waals surface area contributed by atoms with Crippen LogP contribution in [0.4, 0.5) is 11.4 Å². The molecule has 200 valence electrons. The van der Waals surface area contributed by atoms with Crippen LogP contribution in [0.5, 0.6) is 0 Å². The van der Waals surface area contributed by atoms with Gasteiger partial charge in [-0.15, -0.1) is 0 Å². The zero-order valence-electron chi connectivity index (χ0n) is 20.5. The number of ether oxygens (including phenoxy) is 2. The summed E-state index contributed by atoms with van der Waals surface area (Å²) in [4.78, 5) is 69.8. The number of nitrogens with zero attached hydrogens (tertiary/aromatic N) is 2. The van der Waals surface area contributed by atoms with E-state index in [-0.39, 0.29) is 41.8 Å². The number of hydrogen-bond donors (Lipinski definition) is 1. The molecular weight excluding hydrogens is 502 g/mol. The monoisotopic (exact) mass is 527 g/mol. The maximum Gasteiger partial charge on any atom is 0.328 e. The van der Waals surface area contributed by atoms with Crippen molar-refractivity contribution in [3.8, 4) is 0 Å². The Labute approximate surface area is 216 Å². The Morgan fingerprint density at radius 1 is 0.789 bits per heavy atom. The van der Waals surface area contributed by atoms with E-state index in [1.807, 2.05) is 0 Å². The van der Waals surface area contributed by atoms with Gasteiger partial charge in [-0.3, -0.25) is 34.6 Å². The molecule has 0 fully saturated rings. The van der Waals surface area contributed by atoms with E-state index in [1.165, 1.54) is 49.6 Å². The number of carbonyl (C=O) groups is 4. The fraction of sp³-hybridized carbons (Fsp3) is 0.280. The number of hydrogen-bond acceptors (Lipinski definition) is 10. The molecule has 2 rings (SSSR count). The first-order valence-corrected chi connectivity index (χ1v) is 11.2. The first-order valence-electron chi connectivity index (χ1n) is 11.2. The number of carbonyl (C=O) groups excluding carboxylic acids is 4. The Kier molecular flexibility index (Phi) is 10.8. The second-order valence-corrected chi connectivity index (χ2v) is 7.95. The number of amides is 1. The van der Waals surface area contributed by atoms with Gasteiger partial charge in [0, 0.05) is 41.8 Å². The lowest BCUT2D eigenvalue weighted by Crippen LogP contribution is -2.41. The molecule has 0 saturated heterocycles. The van der Waals surface area contributed by atoms with E-state index < -0.39 is 45.4 Å². The summed E-state index contributed by atoms with van der Waals surface area (Å²) < 4.78 is 9.49. The molecular formula is C25H25N3O10. The van der Waals surface area contributed by atoms with Crippen LogP contribution in [0.2, 0.25) is 0 Å². The van der Waals surface area contributed by atoms with Crippen molar-refractivity contribution in [2.75, 3.05) is 14.2 Å². The molecule has 0 unspecified atom stereocenters. The first-order chi connectivity index (χ1) is 18.1. The Hall–Kier alpha value is -4.94. The van der Waals surface area contributed by atoms with E-state index in [0.29, 0.717) is 0 Å². The van der Waals surface area contributed by atoms with Crippen molar-refractivity contribution < 1.29 is 38.5 Å². The minimum absolute atomic E-state index is 0.00438. The molecule has 1 N–H and O–H groups in total. The van der Waals surface area contributed by atoms with Crippen molar-refractivity contribution in [2.45, 2.75) is 25.3 Å². The lowest BCUT2D eigenvalue weighted by atomic mass is 9.95. The summed E-state index contributed by atoms with van der Waals surface area (Å²) in [5.74, 6) is -3.29.